The molecule has 0 saturated carbocycles. The topological polar surface area (TPSA) is 72.2 Å². The Morgan fingerprint density at radius 1 is 1.14 bits per heavy atom. The number of carbonyl (C=O) groups excluding carboxylic acids is 2. The highest BCUT2D eigenvalue weighted by molar-refractivity contribution is 6.34. The Bertz CT molecular complexity index is 741. The summed E-state index contributed by atoms with van der Waals surface area (Å²) in [7, 11) is 0. The van der Waals surface area contributed by atoms with E-state index in [4.69, 9.17) is 17.3 Å². The van der Waals surface area contributed by atoms with Gasteiger partial charge in [-0.2, -0.15) is 0 Å². The van der Waals surface area contributed by atoms with Crippen LogP contribution in [0.2, 0.25) is 5.02 Å². The Morgan fingerprint density at radius 3 is 2.50 bits per heavy atom. The van der Waals surface area contributed by atoms with Crippen LogP contribution in [0.25, 0.3) is 0 Å². The Balaban J connectivity index is 2.11. The number of hydrogen-bond acceptors (Lipinski definition) is 2. The van der Waals surface area contributed by atoms with E-state index in [2.05, 4.69) is 5.32 Å². The quantitative estimate of drug-likeness (QED) is 0.909. The number of anilines is 1. The smallest absolute Gasteiger partial charge is 0.250 e. The van der Waals surface area contributed by atoms with Crippen molar-refractivity contribution in [2.24, 2.45) is 5.73 Å². The third-order valence-corrected chi connectivity index (χ3v) is 3.69. The van der Waals surface area contributed by atoms with Crippen LogP contribution in [-0.2, 0) is 11.2 Å². The lowest BCUT2D eigenvalue weighted by molar-refractivity contribution is -0.115. The summed E-state index contributed by atoms with van der Waals surface area (Å²) in [6, 6.07) is 10.6. The Labute approximate surface area is 134 Å². The van der Waals surface area contributed by atoms with E-state index in [1.54, 1.807) is 6.07 Å². The number of nitrogens with two attached hydrogens (primary N) is 1. The maximum Gasteiger partial charge on any atom is 0.250 e. The van der Waals surface area contributed by atoms with Gasteiger partial charge in [-0.05, 0) is 43.2 Å². The molecule has 22 heavy (non-hydrogen) atoms. The van der Waals surface area contributed by atoms with Gasteiger partial charge in [-0.1, -0.05) is 35.4 Å². The molecule has 0 spiro atoms. The van der Waals surface area contributed by atoms with Gasteiger partial charge >= 0.3 is 0 Å². The molecule has 0 aliphatic heterocycles. The summed E-state index contributed by atoms with van der Waals surface area (Å²) in [5.74, 6) is -0.741. The highest BCUT2D eigenvalue weighted by atomic mass is 35.5. The number of primary amides is 1. The molecule has 3 N–H and O–H groups in total. The summed E-state index contributed by atoms with van der Waals surface area (Å²) in [4.78, 5) is 23.2. The maximum absolute atomic E-state index is 12.1. The molecular weight excluding hydrogens is 300 g/mol. The number of aryl methyl sites for hydroxylation is 2. The first-order valence-electron chi connectivity index (χ1n) is 6.82. The van der Waals surface area contributed by atoms with Crippen LogP contribution in [0.4, 0.5) is 5.69 Å². The molecule has 0 unspecified atom stereocenters. The molecule has 4 nitrogen and oxygen atoms in total. The van der Waals surface area contributed by atoms with Crippen molar-refractivity contribution < 1.29 is 9.59 Å². The molecule has 0 heterocycles. The summed E-state index contributed by atoms with van der Waals surface area (Å²) < 4.78 is 0. The number of benzene rings is 2. The first-order valence-corrected chi connectivity index (χ1v) is 7.20. The van der Waals surface area contributed by atoms with E-state index in [0.29, 0.717) is 5.69 Å². The molecule has 2 aromatic rings. The molecule has 0 bridgehead atoms. The minimum Gasteiger partial charge on any atom is -0.366 e. The van der Waals surface area contributed by atoms with Crippen LogP contribution in [-0.4, -0.2) is 11.8 Å². The molecule has 114 valence electrons. The van der Waals surface area contributed by atoms with Crippen LogP contribution in [0.1, 0.15) is 27.0 Å². The Hall–Kier alpha value is -2.33. The molecule has 5 heteroatoms. The van der Waals surface area contributed by atoms with Gasteiger partial charge in [-0.3, -0.25) is 9.59 Å². The largest absolute Gasteiger partial charge is 0.366 e. The van der Waals surface area contributed by atoms with Crippen molar-refractivity contribution in [1.29, 1.82) is 0 Å². The first kappa shape index (κ1) is 16.0. The number of nitrogens with one attached hydrogen (secondary N) is 1. The molecule has 0 atom stereocenters. The van der Waals surface area contributed by atoms with Crippen molar-refractivity contribution >= 4 is 29.1 Å². The molecule has 0 fully saturated rings. The van der Waals surface area contributed by atoms with Crippen LogP contribution in [0.5, 0.6) is 0 Å². The van der Waals surface area contributed by atoms with Crippen molar-refractivity contribution in [2.45, 2.75) is 20.3 Å². The fourth-order valence-electron chi connectivity index (χ4n) is 2.16. The fraction of sp³-hybridized carbons (Fsp3) is 0.176. The molecule has 0 aliphatic rings. The van der Waals surface area contributed by atoms with Crippen LogP contribution >= 0.6 is 11.6 Å². The van der Waals surface area contributed by atoms with Gasteiger partial charge in [-0.25, -0.2) is 0 Å². The normalized spacial score (nSPS) is 10.3. The molecule has 0 radical (unpaired) electrons. The van der Waals surface area contributed by atoms with Gasteiger partial charge in [0.2, 0.25) is 11.8 Å². The van der Waals surface area contributed by atoms with Gasteiger partial charge in [0.15, 0.2) is 0 Å². The molecule has 2 rings (SSSR count). The van der Waals surface area contributed by atoms with E-state index in [0.717, 1.165) is 16.7 Å². The van der Waals surface area contributed by atoms with Crippen molar-refractivity contribution in [3.63, 3.8) is 0 Å². The number of amides is 2. The summed E-state index contributed by atoms with van der Waals surface area (Å²) >= 11 is 5.96. The third-order valence-electron chi connectivity index (χ3n) is 3.37. The van der Waals surface area contributed by atoms with E-state index < -0.39 is 5.91 Å². The average molecular weight is 317 g/mol. The molecule has 0 aliphatic carbocycles. The summed E-state index contributed by atoms with van der Waals surface area (Å²) in [5.41, 5.74) is 9.12. The summed E-state index contributed by atoms with van der Waals surface area (Å²) in [5, 5.41) is 2.99. The van der Waals surface area contributed by atoms with Crippen molar-refractivity contribution in [3.8, 4) is 0 Å². The molecular formula is C17H17ClN2O2. The minimum absolute atomic E-state index is 0.142. The molecule has 2 aromatic carbocycles. The van der Waals surface area contributed by atoms with Gasteiger partial charge in [0.25, 0.3) is 0 Å². The summed E-state index contributed by atoms with van der Waals surface area (Å²) in [6.07, 6.45) is 0.280. The average Bonchev–Trinajstić information content (AvgIpc) is 2.42. The lowest BCUT2D eigenvalue weighted by atomic mass is 10.0. The van der Waals surface area contributed by atoms with Gasteiger partial charge in [-0.15, -0.1) is 0 Å². The molecule has 0 aromatic heterocycles. The predicted octanol–water partition coefficient (Wildman–Crippen LogP) is 3.24. The standard InChI is InChI=1S/C17H17ClN2O2/c1-10-3-4-11(2)12(7-10)8-16(21)20-13-5-6-14(17(19)22)15(18)9-13/h3-7,9H,8H2,1-2H3,(H2,19,22)(H,20,21). The second kappa shape index (κ2) is 6.62. The van der Waals surface area contributed by atoms with Crippen LogP contribution in [0, 0.1) is 13.8 Å². The number of halogens is 1. The van der Waals surface area contributed by atoms with Crippen LogP contribution in [0.3, 0.4) is 0 Å². The van der Waals surface area contributed by atoms with E-state index in [1.807, 2.05) is 32.0 Å². The van der Waals surface area contributed by atoms with E-state index in [-0.39, 0.29) is 22.9 Å². The van der Waals surface area contributed by atoms with Crippen LogP contribution in [0.15, 0.2) is 36.4 Å². The van der Waals surface area contributed by atoms with Crippen molar-refractivity contribution in [1.82, 2.24) is 0 Å². The van der Waals surface area contributed by atoms with Gasteiger partial charge < -0.3 is 11.1 Å². The summed E-state index contributed by atoms with van der Waals surface area (Å²) in [6.45, 7) is 3.96. The second-order valence-electron chi connectivity index (χ2n) is 5.21. The van der Waals surface area contributed by atoms with E-state index >= 15 is 0 Å². The fourth-order valence-corrected chi connectivity index (χ4v) is 2.44. The van der Waals surface area contributed by atoms with Crippen LogP contribution < -0.4 is 11.1 Å². The SMILES string of the molecule is Cc1ccc(C)c(CC(=O)Nc2ccc(C(N)=O)c(Cl)c2)c1. The van der Waals surface area contributed by atoms with Gasteiger partial charge in [0.1, 0.15) is 0 Å². The monoisotopic (exact) mass is 316 g/mol. The highest BCUT2D eigenvalue weighted by Crippen LogP contribution is 2.21. The first-order chi connectivity index (χ1) is 10.4. The van der Waals surface area contributed by atoms with Crippen molar-refractivity contribution in [2.75, 3.05) is 5.32 Å². The van der Waals surface area contributed by atoms with E-state index in [1.165, 1.54) is 12.1 Å². The third kappa shape index (κ3) is 3.86. The number of hydrogen-bond donors (Lipinski definition) is 2. The maximum atomic E-state index is 12.1. The minimum atomic E-state index is -0.599. The zero-order valence-electron chi connectivity index (χ0n) is 12.4. The number of carbonyl (C=O) groups is 2. The zero-order chi connectivity index (χ0) is 16.3. The molecule has 2 amide bonds. The van der Waals surface area contributed by atoms with Crippen molar-refractivity contribution in [3.05, 3.63) is 63.7 Å². The lowest BCUT2D eigenvalue weighted by Gasteiger charge is -2.09. The number of rotatable bonds is 4. The molecule has 0 saturated heterocycles. The van der Waals surface area contributed by atoms with Gasteiger partial charge in [0, 0.05) is 5.69 Å². The second-order valence-corrected chi connectivity index (χ2v) is 5.62. The van der Waals surface area contributed by atoms with Gasteiger partial charge in [0.05, 0.1) is 17.0 Å². The highest BCUT2D eigenvalue weighted by Gasteiger charge is 2.10. The lowest BCUT2D eigenvalue weighted by Crippen LogP contribution is -2.16. The Kier molecular flexibility index (Phi) is 4.83. The Morgan fingerprint density at radius 2 is 1.86 bits per heavy atom. The zero-order valence-corrected chi connectivity index (χ0v) is 13.2. The predicted molar refractivity (Wildman–Crippen MR) is 88.2 cm³/mol. The van der Waals surface area contributed by atoms with E-state index in [9.17, 15) is 9.59 Å².